The van der Waals surface area contributed by atoms with Crippen LogP contribution in [0.15, 0.2) is 12.3 Å². The van der Waals surface area contributed by atoms with Gasteiger partial charge in [0, 0.05) is 0 Å². The Kier molecular flexibility index (Phi) is 2.32. The van der Waals surface area contributed by atoms with Gasteiger partial charge in [0.2, 0.25) is 5.82 Å². The average molecular weight is 268 g/mol. The molecular weight excluding hydrogens is 266 g/mol. The van der Waals surface area contributed by atoms with Crippen molar-refractivity contribution in [1.29, 1.82) is 0 Å². The summed E-state index contributed by atoms with van der Waals surface area (Å²) >= 11 is 1.82. The fraction of sp³-hybridized carbons (Fsp3) is 0. The summed E-state index contributed by atoms with van der Waals surface area (Å²) in [5.41, 5.74) is 0. The summed E-state index contributed by atoms with van der Waals surface area (Å²) in [5, 5.41) is 10.0. The number of hydrogen-bond acceptors (Lipinski definition) is 3. The van der Waals surface area contributed by atoms with Gasteiger partial charge in [0.25, 0.3) is 0 Å². The van der Waals surface area contributed by atoms with Gasteiger partial charge < -0.3 is 10.1 Å². The van der Waals surface area contributed by atoms with Crippen molar-refractivity contribution in [2.75, 3.05) is 0 Å². The minimum atomic E-state index is -0.901. The number of aromatic nitrogens is 1. The molecule has 0 bridgehead atoms. The van der Waals surface area contributed by atoms with Gasteiger partial charge in [0.05, 0.1) is 3.57 Å². The third kappa shape index (κ3) is 1.82. The third-order valence-corrected chi connectivity index (χ3v) is 1.55. The van der Waals surface area contributed by atoms with Crippen LogP contribution >= 0.6 is 22.6 Å². The van der Waals surface area contributed by atoms with Crippen molar-refractivity contribution in [2.45, 2.75) is 0 Å². The minimum absolute atomic E-state index is 0.533. The topological polar surface area (TPSA) is 56.0 Å². The van der Waals surface area contributed by atoms with E-state index in [-0.39, 0.29) is 0 Å². The molecule has 0 saturated carbocycles. The Morgan fingerprint density at radius 3 is 2.82 bits per heavy atom. The van der Waals surface area contributed by atoms with Gasteiger partial charge in [-0.05, 0) is 38.6 Å². The van der Waals surface area contributed by atoms with Crippen LogP contribution in [0.1, 0.15) is 0 Å². The first-order valence-corrected chi connectivity index (χ1v) is 3.64. The van der Waals surface area contributed by atoms with Crippen molar-refractivity contribution in [3.63, 3.8) is 0 Å². The maximum absolute atomic E-state index is 12.6. The normalized spacial score (nSPS) is 9.64. The van der Waals surface area contributed by atoms with Crippen molar-refractivity contribution >= 4 is 28.4 Å². The highest BCUT2D eigenvalue weighted by molar-refractivity contribution is 14.1. The van der Waals surface area contributed by atoms with E-state index in [1.165, 1.54) is 6.20 Å². The quantitative estimate of drug-likeness (QED) is 0.442. The van der Waals surface area contributed by atoms with E-state index in [1.807, 2.05) is 22.6 Å². The van der Waals surface area contributed by atoms with Crippen molar-refractivity contribution in [1.82, 2.24) is 4.98 Å². The molecule has 1 heterocycles. The highest BCUT2D eigenvalue weighted by atomic mass is 127. The molecule has 0 spiro atoms. The Bertz CT molecular complexity index is 305. The summed E-state index contributed by atoms with van der Waals surface area (Å²) < 4.78 is 13.1. The molecule has 0 atom stereocenters. The Morgan fingerprint density at radius 1 is 1.73 bits per heavy atom. The van der Waals surface area contributed by atoms with Gasteiger partial charge in [-0.3, -0.25) is 0 Å². The van der Waals surface area contributed by atoms with Gasteiger partial charge in [0.15, 0.2) is 6.20 Å². The van der Waals surface area contributed by atoms with E-state index < -0.39 is 16.6 Å². The summed E-state index contributed by atoms with van der Waals surface area (Å²) in [4.78, 5) is 12.5. The predicted molar refractivity (Wildman–Crippen MR) is 43.6 cm³/mol. The Balaban J connectivity index is 3.20. The van der Waals surface area contributed by atoms with E-state index in [1.54, 1.807) is 0 Å². The lowest BCUT2D eigenvalue weighted by Crippen LogP contribution is -1.95. The zero-order valence-electron chi connectivity index (χ0n) is 5.12. The van der Waals surface area contributed by atoms with E-state index >= 15 is 0 Å². The van der Waals surface area contributed by atoms with E-state index in [2.05, 4.69) is 4.98 Å². The van der Waals surface area contributed by atoms with E-state index in [0.717, 1.165) is 6.07 Å². The summed E-state index contributed by atoms with van der Waals surface area (Å²) in [6.07, 6.45) is 1.24. The fourth-order valence-corrected chi connectivity index (χ4v) is 0.954. The zero-order chi connectivity index (χ0) is 8.43. The van der Waals surface area contributed by atoms with Crippen LogP contribution in [0.5, 0.6) is 0 Å². The fourth-order valence-electron chi connectivity index (χ4n) is 0.542. The number of nitrogens with zero attached hydrogens (tertiary/aromatic N) is 2. The van der Waals surface area contributed by atoms with Crippen LogP contribution in [0.25, 0.3) is 0 Å². The highest BCUT2D eigenvalue weighted by Crippen LogP contribution is 2.14. The van der Waals surface area contributed by atoms with E-state index in [0.29, 0.717) is 3.57 Å². The summed E-state index contributed by atoms with van der Waals surface area (Å²) in [5.74, 6) is -1.63. The zero-order valence-corrected chi connectivity index (χ0v) is 7.28. The molecule has 0 aliphatic rings. The highest BCUT2D eigenvalue weighted by Gasteiger charge is 2.14. The molecular formula is C5H2FIN2O2. The molecule has 0 radical (unpaired) electrons. The van der Waals surface area contributed by atoms with Crippen LogP contribution in [0.4, 0.5) is 10.2 Å². The second-order valence-corrected chi connectivity index (χ2v) is 2.96. The maximum Gasteiger partial charge on any atom is 0.399 e. The molecule has 6 heteroatoms. The summed E-state index contributed by atoms with van der Waals surface area (Å²) in [7, 11) is 0. The average Bonchev–Trinajstić information content (AvgIpc) is 1.85. The molecule has 0 fully saturated rings. The van der Waals surface area contributed by atoms with Gasteiger partial charge in [-0.25, -0.2) is 0 Å². The summed E-state index contributed by atoms with van der Waals surface area (Å²) in [6.45, 7) is 0. The lowest BCUT2D eigenvalue weighted by Gasteiger charge is -1.92. The molecule has 1 rings (SSSR count). The molecule has 0 amide bonds. The molecule has 0 N–H and O–H groups in total. The molecule has 0 aliphatic heterocycles. The van der Waals surface area contributed by atoms with Crippen LogP contribution in [-0.2, 0) is 0 Å². The lowest BCUT2D eigenvalue weighted by atomic mass is 10.4. The minimum Gasteiger partial charge on any atom is -0.358 e. The first-order chi connectivity index (χ1) is 5.11. The van der Waals surface area contributed by atoms with E-state index in [9.17, 15) is 14.5 Å². The van der Waals surface area contributed by atoms with Crippen LogP contribution in [0, 0.1) is 19.5 Å². The molecule has 4 nitrogen and oxygen atoms in total. The number of halogens is 2. The third-order valence-electron chi connectivity index (χ3n) is 0.961. The number of hydrogen-bond donors (Lipinski definition) is 0. The van der Waals surface area contributed by atoms with Crippen molar-refractivity contribution in [3.8, 4) is 0 Å². The first kappa shape index (κ1) is 8.31. The Hall–Kier alpha value is -0.790. The van der Waals surface area contributed by atoms with Crippen molar-refractivity contribution in [3.05, 3.63) is 31.8 Å². The first-order valence-electron chi connectivity index (χ1n) is 2.56. The monoisotopic (exact) mass is 268 g/mol. The molecule has 0 unspecified atom stereocenters. The Labute approximate surface area is 74.7 Å². The van der Waals surface area contributed by atoms with Gasteiger partial charge in [-0.2, -0.15) is 4.39 Å². The summed E-state index contributed by atoms with van der Waals surface area (Å²) in [6, 6.07) is 1.06. The number of nitro groups is 1. The number of rotatable bonds is 1. The van der Waals surface area contributed by atoms with Crippen molar-refractivity contribution < 1.29 is 9.31 Å². The van der Waals surface area contributed by atoms with Crippen LogP contribution in [-0.4, -0.2) is 9.91 Å². The Morgan fingerprint density at radius 2 is 2.36 bits per heavy atom. The molecule has 1 aromatic rings. The van der Waals surface area contributed by atoms with Crippen LogP contribution in [0.3, 0.4) is 0 Å². The maximum atomic E-state index is 12.6. The lowest BCUT2D eigenvalue weighted by molar-refractivity contribution is -0.392. The van der Waals surface area contributed by atoms with Gasteiger partial charge in [-0.1, -0.05) is 0 Å². The van der Waals surface area contributed by atoms with Gasteiger partial charge in [0.1, 0.15) is 0 Å². The molecule has 0 aliphatic carbocycles. The van der Waals surface area contributed by atoms with Crippen LogP contribution in [0.2, 0.25) is 0 Å². The second-order valence-electron chi connectivity index (χ2n) is 1.72. The van der Waals surface area contributed by atoms with Crippen LogP contribution < -0.4 is 0 Å². The standard InChI is InChI=1S/C5H2FIN2O2/c6-4-1-3(7)2-8-5(4)9(10)11/h1-2H. The van der Waals surface area contributed by atoms with E-state index in [4.69, 9.17) is 0 Å². The smallest absolute Gasteiger partial charge is 0.358 e. The second kappa shape index (κ2) is 3.07. The van der Waals surface area contributed by atoms with Gasteiger partial charge in [-0.15, -0.1) is 0 Å². The largest absolute Gasteiger partial charge is 0.399 e. The number of pyridine rings is 1. The van der Waals surface area contributed by atoms with Gasteiger partial charge >= 0.3 is 5.82 Å². The molecule has 0 aromatic carbocycles. The molecule has 11 heavy (non-hydrogen) atoms. The molecule has 58 valence electrons. The predicted octanol–water partition coefficient (Wildman–Crippen LogP) is 1.73. The SMILES string of the molecule is O=[N+]([O-])c1ncc(I)cc1F. The van der Waals surface area contributed by atoms with Crippen molar-refractivity contribution in [2.24, 2.45) is 0 Å². The molecule has 0 saturated heterocycles. The molecule has 1 aromatic heterocycles.